The van der Waals surface area contributed by atoms with Gasteiger partial charge in [0.2, 0.25) is 11.6 Å². The van der Waals surface area contributed by atoms with Gasteiger partial charge in [0, 0.05) is 20.2 Å². The van der Waals surface area contributed by atoms with Gasteiger partial charge in [0.15, 0.2) is 11.4 Å². The average molecular weight is 289 g/mol. The second-order valence-corrected chi connectivity index (χ2v) is 5.61. The van der Waals surface area contributed by atoms with Gasteiger partial charge in [-0.15, -0.1) is 10.2 Å². The van der Waals surface area contributed by atoms with Crippen LogP contribution < -0.4 is 4.57 Å². The quantitative estimate of drug-likeness (QED) is 0.697. The first kappa shape index (κ1) is 13.1. The monoisotopic (exact) mass is 289 g/mol. The Kier molecular flexibility index (Phi) is 3.40. The molecule has 1 aromatic carbocycles. The summed E-state index contributed by atoms with van der Waals surface area (Å²) in [6.45, 7) is 0. The molecule has 1 aliphatic heterocycles. The van der Waals surface area contributed by atoms with E-state index in [1.165, 1.54) is 12.1 Å². The van der Waals surface area contributed by atoms with Crippen LogP contribution in [0.15, 0.2) is 40.7 Å². The number of fused-ring (bicyclic) bond motifs is 3. The second-order valence-electron chi connectivity index (χ2n) is 4.70. The van der Waals surface area contributed by atoms with Crippen LogP contribution in [0.5, 0.6) is 0 Å². The van der Waals surface area contributed by atoms with Gasteiger partial charge in [-0.1, -0.05) is 0 Å². The molecule has 0 bridgehead atoms. The van der Waals surface area contributed by atoms with Gasteiger partial charge in [-0.3, -0.25) is 0 Å². The van der Waals surface area contributed by atoms with Crippen molar-refractivity contribution in [3.05, 3.63) is 42.0 Å². The number of amidine groups is 1. The summed E-state index contributed by atoms with van der Waals surface area (Å²) in [7, 11) is 3.88. The van der Waals surface area contributed by atoms with E-state index in [2.05, 4.69) is 14.8 Å². The van der Waals surface area contributed by atoms with E-state index in [-0.39, 0.29) is 5.82 Å². The fourth-order valence-electron chi connectivity index (χ4n) is 2.07. The van der Waals surface area contributed by atoms with E-state index in [1.54, 1.807) is 24.0 Å². The van der Waals surface area contributed by atoms with Crippen molar-refractivity contribution < 1.29 is 8.96 Å². The summed E-state index contributed by atoms with van der Waals surface area (Å²) >= 11 is 1.61. The zero-order chi connectivity index (χ0) is 14.1. The third kappa shape index (κ3) is 2.38. The molecule has 3 rings (SSSR count). The molecule has 0 N–H and O–H groups in total. The highest BCUT2D eigenvalue weighted by Crippen LogP contribution is 2.18. The number of hydrogen-bond acceptors (Lipinski definition) is 4. The highest BCUT2D eigenvalue weighted by molar-refractivity contribution is 8.12. The van der Waals surface area contributed by atoms with Crippen molar-refractivity contribution in [2.75, 3.05) is 14.1 Å². The van der Waals surface area contributed by atoms with Crippen molar-refractivity contribution >= 4 is 33.9 Å². The Bertz CT molecular complexity index is 724. The fourth-order valence-corrected chi connectivity index (χ4v) is 2.92. The molecule has 1 aromatic heterocycles. The SMILES string of the molecule is CN(C)/C1=N/N=C/c2c3ccc(F)cc3cc[n+]2CS1. The highest BCUT2D eigenvalue weighted by Gasteiger charge is 2.17. The first-order valence-electron chi connectivity index (χ1n) is 6.18. The van der Waals surface area contributed by atoms with Crippen LogP contribution in [-0.2, 0) is 5.88 Å². The number of aromatic nitrogens is 1. The Hall–Kier alpha value is -1.95. The van der Waals surface area contributed by atoms with Crippen LogP contribution in [0.2, 0.25) is 0 Å². The fraction of sp³-hybridized carbons (Fsp3) is 0.214. The molecule has 0 saturated heterocycles. The van der Waals surface area contributed by atoms with E-state index in [9.17, 15) is 4.39 Å². The molecule has 0 atom stereocenters. The smallest absolute Gasteiger partial charge is 0.234 e. The van der Waals surface area contributed by atoms with Crippen LogP contribution >= 0.6 is 11.8 Å². The summed E-state index contributed by atoms with van der Waals surface area (Å²) in [5, 5.41) is 11.0. The lowest BCUT2D eigenvalue weighted by Gasteiger charge is -2.13. The molecule has 4 nitrogen and oxygen atoms in total. The van der Waals surface area contributed by atoms with Crippen molar-refractivity contribution in [3.63, 3.8) is 0 Å². The number of nitrogens with zero attached hydrogens (tertiary/aromatic N) is 4. The van der Waals surface area contributed by atoms with Gasteiger partial charge < -0.3 is 4.90 Å². The van der Waals surface area contributed by atoms with Gasteiger partial charge in [0.05, 0.1) is 5.39 Å². The Morgan fingerprint density at radius 1 is 1.30 bits per heavy atom. The minimum absolute atomic E-state index is 0.229. The number of rotatable bonds is 0. The van der Waals surface area contributed by atoms with Gasteiger partial charge in [-0.05, 0) is 35.3 Å². The van der Waals surface area contributed by atoms with Crippen molar-refractivity contribution in [2.45, 2.75) is 5.88 Å². The number of halogens is 1. The summed E-state index contributed by atoms with van der Waals surface area (Å²) in [5.74, 6) is 0.513. The maximum atomic E-state index is 13.3. The summed E-state index contributed by atoms with van der Waals surface area (Å²) in [4.78, 5) is 1.93. The molecule has 0 saturated carbocycles. The summed E-state index contributed by atoms with van der Waals surface area (Å²) in [6.07, 6.45) is 3.68. The minimum atomic E-state index is -0.229. The molecule has 0 amide bonds. The zero-order valence-corrected chi connectivity index (χ0v) is 12.1. The predicted molar refractivity (Wildman–Crippen MR) is 80.4 cm³/mol. The lowest BCUT2D eigenvalue weighted by molar-refractivity contribution is -0.675. The van der Waals surface area contributed by atoms with Gasteiger partial charge in [-0.25, -0.2) is 4.39 Å². The van der Waals surface area contributed by atoms with Crippen molar-refractivity contribution in [2.24, 2.45) is 10.2 Å². The van der Waals surface area contributed by atoms with Gasteiger partial charge in [0.25, 0.3) is 0 Å². The third-order valence-corrected chi connectivity index (χ3v) is 4.18. The Labute approximate surface area is 120 Å². The van der Waals surface area contributed by atoms with Crippen LogP contribution in [0.3, 0.4) is 0 Å². The molecule has 2 heterocycles. The molecule has 0 aliphatic carbocycles. The molecular weight excluding hydrogens is 275 g/mol. The summed E-state index contributed by atoms with van der Waals surface area (Å²) in [6, 6.07) is 6.71. The van der Waals surface area contributed by atoms with Crippen LogP contribution in [0.25, 0.3) is 10.8 Å². The van der Waals surface area contributed by atoms with Gasteiger partial charge in [-0.2, -0.15) is 4.57 Å². The second kappa shape index (κ2) is 5.20. The number of hydrogen-bond donors (Lipinski definition) is 0. The Morgan fingerprint density at radius 2 is 2.15 bits per heavy atom. The molecule has 0 radical (unpaired) electrons. The standard InChI is InChI=1S/C14H14FN4S/c1-18(2)14-17-16-8-13-12-4-3-11(15)7-10(12)5-6-19(13)9-20-14/h3-8H,9H2,1-2H3/q+1. The van der Waals surface area contributed by atoms with Crippen LogP contribution in [0.4, 0.5) is 4.39 Å². The third-order valence-electron chi connectivity index (χ3n) is 3.07. The number of pyridine rings is 1. The Balaban J connectivity index is 2.13. The van der Waals surface area contributed by atoms with Crippen molar-refractivity contribution in [1.29, 1.82) is 0 Å². The lowest BCUT2D eigenvalue weighted by atomic mass is 10.1. The molecular formula is C14H14FN4S+. The molecule has 0 spiro atoms. The molecule has 2 aromatic rings. The zero-order valence-electron chi connectivity index (χ0n) is 11.2. The first-order chi connectivity index (χ1) is 9.65. The maximum Gasteiger partial charge on any atom is 0.234 e. The molecule has 6 heteroatoms. The predicted octanol–water partition coefficient (Wildman–Crippen LogP) is 2.22. The molecule has 102 valence electrons. The average Bonchev–Trinajstić information content (AvgIpc) is 2.38. The van der Waals surface area contributed by atoms with Gasteiger partial charge in [0.1, 0.15) is 12.0 Å². The van der Waals surface area contributed by atoms with E-state index in [0.29, 0.717) is 0 Å². The minimum Gasteiger partial charge on any atom is -0.356 e. The Morgan fingerprint density at radius 3 is 2.95 bits per heavy atom. The van der Waals surface area contributed by atoms with Gasteiger partial charge >= 0.3 is 0 Å². The maximum absolute atomic E-state index is 13.3. The summed E-state index contributed by atoms with van der Waals surface area (Å²) < 4.78 is 15.4. The molecule has 20 heavy (non-hydrogen) atoms. The number of thioether (sulfide) groups is 1. The summed E-state index contributed by atoms with van der Waals surface area (Å²) in [5.41, 5.74) is 0.941. The van der Waals surface area contributed by atoms with Crippen LogP contribution in [0, 0.1) is 5.82 Å². The van der Waals surface area contributed by atoms with E-state index in [1.807, 2.05) is 31.3 Å². The number of benzene rings is 1. The normalized spacial score (nSPS) is 18.6. The molecule has 1 aliphatic rings. The van der Waals surface area contributed by atoms with Crippen LogP contribution in [0.1, 0.15) is 5.69 Å². The highest BCUT2D eigenvalue weighted by atomic mass is 32.2. The topological polar surface area (TPSA) is 31.8 Å². The van der Waals surface area contributed by atoms with Crippen LogP contribution in [-0.4, -0.2) is 30.4 Å². The molecule has 0 fully saturated rings. The lowest BCUT2D eigenvalue weighted by Crippen LogP contribution is -2.39. The van der Waals surface area contributed by atoms with E-state index in [4.69, 9.17) is 0 Å². The largest absolute Gasteiger partial charge is 0.356 e. The van der Waals surface area contributed by atoms with Crippen molar-refractivity contribution in [1.82, 2.24) is 4.90 Å². The van der Waals surface area contributed by atoms with E-state index >= 15 is 0 Å². The van der Waals surface area contributed by atoms with Crippen molar-refractivity contribution in [3.8, 4) is 0 Å². The first-order valence-corrected chi connectivity index (χ1v) is 7.16. The van der Waals surface area contributed by atoms with E-state index in [0.717, 1.165) is 27.5 Å². The van der Waals surface area contributed by atoms with E-state index < -0.39 is 0 Å². The molecule has 0 unspecified atom stereocenters.